The summed E-state index contributed by atoms with van der Waals surface area (Å²) in [7, 11) is 0. The number of aryl methyl sites for hydroxylation is 1. The lowest BCUT2D eigenvalue weighted by atomic mass is 10.0. The molecule has 0 bridgehead atoms. The molecule has 2 rings (SSSR count). The number of hydrogen-bond donors (Lipinski definition) is 3. The number of allylic oxidation sites excluding steroid dienone is 1. The van der Waals surface area contributed by atoms with Crippen molar-refractivity contribution in [1.29, 1.82) is 0 Å². The molecule has 1 heterocycles. The largest absolute Gasteiger partial charge is 0.508 e. The van der Waals surface area contributed by atoms with Crippen LogP contribution in [-0.2, 0) is 22.6 Å². The minimum atomic E-state index is -0.895. The fourth-order valence-corrected chi connectivity index (χ4v) is 3.47. The van der Waals surface area contributed by atoms with Gasteiger partial charge in [0.1, 0.15) is 5.75 Å². The first-order valence-electron chi connectivity index (χ1n) is 9.89. The van der Waals surface area contributed by atoms with Crippen LogP contribution in [0.3, 0.4) is 0 Å². The fraction of sp³-hybridized carbons (Fsp3) is 0.524. The van der Waals surface area contributed by atoms with Gasteiger partial charge in [0.05, 0.1) is 13.1 Å². The summed E-state index contributed by atoms with van der Waals surface area (Å²) in [5.74, 6) is -1.56. The van der Waals surface area contributed by atoms with E-state index in [0.717, 1.165) is 24.0 Å². The Kier molecular flexibility index (Phi) is 9.11. The number of phenols is 1. The number of carbonyl (C=O) groups is 2. The summed E-state index contributed by atoms with van der Waals surface area (Å²) in [6.45, 7) is 7.57. The number of carboxylic acids is 2. The number of aliphatic carboxylic acids is 2. The second-order valence-electron chi connectivity index (χ2n) is 7.41. The van der Waals surface area contributed by atoms with Gasteiger partial charge in [-0.2, -0.15) is 0 Å². The first-order chi connectivity index (χ1) is 13.9. The molecule has 8 heteroatoms. The molecule has 0 aromatic heterocycles. The van der Waals surface area contributed by atoms with Gasteiger partial charge in [0, 0.05) is 51.4 Å². The van der Waals surface area contributed by atoms with Crippen molar-refractivity contribution in [2.45, 2.75) is 19.4 Å². The maximum atomic E-state index is 11.1. The Morgan fingerprint density at radius 2 is 1.45 bits per heavy atom. The molecule has 0 saturated carbocycles. The number of hydrogen-bond acceptors (Lipinski definition) is 6. The molecule has 1 saturated heterocycles. The van der Waals surface area contributed by atoms with Crippen molar-refractivity contribution in [2.24, 2.45) is 0 Å². The summed E-state index contributed by atoms with van der Waals surface area (Å²) in [4.78, 5) is 28.1. The van der Waals surface area contributed by atoms with Crippen LogP contribution in [0.2, 0.25) is 0 Å². The van der Waals surface area contributed by atoms with Crippen molar-refractivity contribution in [3.05, 3.63) is 42.0 Å². The molecule has 29 heavy (non-hydrogen) atoms. The van der Waals surface area contributed by atoms with Crippen molar-refractivity contribution in [2.75, 3.05) is 52.4 Å². The van der Waals surface area contributed by atoms with Gasteiger partial charge < -0.3 is 15.3 Å². The van der Waals surface area contributed by atoms with E-state index in [4.69, 9.17) is 10.2 Å². The quantitative estimate of drug-likeness (QED) is 0.525. The average Bonchev–Trinajstić information content (AvgIpc) is 2.74. The molecule has 0 unspecified atom stereocenters. The Labute approximate surface area is 171 Å². The van der Waals surface area contributed by atoms with Gasteiger partial charge in [-0.05, 0) is 24.5 Å². The monoisotopic (exact) mass is 405 g/mol. The van der Waals surface area contributed by atoms with Crippen LogP contribution in [0, 0.1) is 0 Å². The van der Waals surface area contributed by atoms with Gasteiger partial charge in [0.25, 0.3) is 0 Å². The molecule has 160 valence electrons. The predicted octanol–water partition coefficient (Wildman–Crippen LogP) is 1.10. The standard InChI is InChI=1S/C21H31N3O5/c1-2-3-4-17-5-6-19(25)18(13-17)14-22-7-9-23(15-20(26)27)11-12-24(10-8-22)16-21(28)29/h2,5-6,13,25H,1,3-4,7-12,14-16H2,(H,26,27)(H,28,29). The van der Waals surface area contributed by atoms with Crippen LogP contribution in [-0.4, -0.2) is 94.3 Å². The Bertz CT molecular complexity index is 682. The topological polar surface area (TPSA) is 105 Å². The lowest BCUT2D eigenvalue weighted by molar-refractivity contribution is -0.140. The summed E-state index contributed by atoms with van der Waals surface area (Å²) in [6.07, 6.45) is 3.58. The van der Waals surface area contributed by atoms with Gasteiger partial charge in [-0.3, -0.25) is 24.3 Å². The van der Waals surface area contributed by atoms with Crippen molar-refractivity contribution >= 4 is 11.9 Å². The third-order valence-corrected chi connectivity index (χ3v) is 5.09. The number of phenolic OH excluding ortho intramolecular Hbond substituents is 1. The highest BCUT2D eigenvalue weighted by Crippen LogP contribution is 2.21. The number of carboxylic acid groups (broad SMARTS) is 2. The van der Waals surface area contributed by atoms with E-state index in [2.05, 4.69) is 11.5 Å². The van der Waals surface area contributed by atoms with Crippen molar-refractivity contribution < 1.29 is 24.9 Å². The summed E-state index contributed by atoms with van der Waals surface area (Å²) in [5, 5.41) is 28.6. The van der Waals surface area contributed by atoms with Crippen molar-refractivity contribution in [3.63, 3.8) is 0 Å². The van der Waals surface area contributed by atoms with E-state index in [1.165, 1.54) is 0 Å². The zero-order chi connectivity index (χ0) is 21.2. The Morgan fingerprint density at radius 1 is 0.931 bits per heavy atom. The van der Waals surface area contributed by atoms with Crippen molar-refractivity contribution in [1.82, 2.24) is 14.7 Å². The Balaban J connectivity index is 2.11. The molecule has 0 radical (unpaired) electrons. The SMILES string of the molecule is C=CCCc1ccc(O)c(CN2CCN(CC(=O)O)CCN(CC(=O)O)CC2)c1. The molecule has 1 aliphatic heterocycles. The minimum Gasteiger partial charge on any atom is -0.508 e. The number of aromatic hydroxyl groups is 1. The summed E-state index contributed by atoms with van der Waals surface area (Å²) in [5.41, 5.74) is 1.95. The number of benzene rings is 1. The van der Waals surface area contributed by atoms with Crippen LogP contribution >= 0.6 is 0 Å². The molecular formula is C21H31N3O5. The first kappa shape index (κ1) is 22.9. The molecule has 0 amide bonds. The van der Waals surface area contributed by atoms with Crippen LogP contribution in [0.1, 0.15) is 17.5 Å². The second kappa shape index (κ2) is 11.5. The number of nitrogens with zero attached hydrogens (tertiary/aromatic N) is 3. The minimum absolute atomic E-state index is 0.0724. The molecule has 1 aromatic rings. The summed E-state index contributed by atoms with van der Waals surface area (Å²) < 4.78 is 0. The highest BCUT2D eigenvalue weighted by molar-refractivity contribution is 5.69. The van der Waals surface area contributed by atoms with Gasteiger partial charge in [-0.15, -0.1) is 6.58 Å². The highest BCUT2D eigenvalue weighted by Gasteiger charge is 2.20. The molecule has 3 N–H and O–H groups in total. The lowest BCUT2D eigenvalue weighted by Gasteiger charge is -2.25. The molecule has 1 fully saturated rings. The molecule has 0 atom stereocenters. The van der Waals surface area contributed by atoms with E-state index in [9.17, 15) is 14.7 Å². The van der Waals surface area contributed by atoms with E-state index >= 15 is 0 Å². The molecule has 0 aliphatic carbocycles. The van der Waals surface area contributed by atoms with Gasteiger partial charge >= 0.3 is 11.9 Å². The van der Waals surface area contributed by atoms with Gasteiger partial charge in [0.15, 0.2) is 0 Å². The van der Waals surface area contributed by atoms with Crippen LogP contribution in [0.25, 0.3) is 0 Å². The lowest BCUT2D eigenvalue weighted by Crippen LogP contribution is -2.40. The summed E-state index contributed by atoms with van der Waals surface area (Å²) >= 11 is 0. The molecular weight excluding hydrogens is 374 g/mol. The second-order valence-corrected chi connectivity index (χ2v) is 7.41. The predicted molar refractivity (Wildman–Crippen MR) is 110 cm³/mol. The average molecular weight is 405 g/mol. The smallest absolute Gasteiger partial charge is 0.317 e. The first-order valence-corrected chi connectivity index (χ1v) is 9.89. The van der Waals surface area contributed by atoms with Gasteiger partial charge in [0.2, 0.25) is 0 Å². The van der Waals surface area contributed by atoms with E-state index in [0.29, 0.717) is 45.8 Å². The third-order valence-electron chi connectivity index (χ3n) is 5.09. The Hall–Kier alpha value is -2.42. The van der Waals surface area contributed by atoms with E-state index < -0.39 is 11.9 Å². The fourth-order valence-electron chi connectivity index (χ4n) is 3.47. The third kappa shape index (κ3) is 8.23. The Morgan fingerprint density at radius 3 is 1.93 bits per heavy atom. The van der Waals surface area contributed by atoms with Crippen LogP contribution < -0.4 is 0 Å². The molecule has 1 aliphatic rings. The number of rotatable bonds is 9. The maximum absolute atomic E-state index is 11.1. The van der Waals surface area contributed by atoms with Gasteiger partial charge in [-0.1, -0.05) is 18.2 Å². The molecule has 1 aromatic carbocycles. The van der Waals surface area contributed by atoms with Crippen LogP contribution in [0.5, 0.6) is 5.75 Å². The van der Waals surface area contributed by atoms with Gasteiger partial charge in [-0.25, -0.2) is 0 Å². The van der Waals surface area contributed by atoms with E-state index in [-0.39, 0.29) is 18.8 Å². The van der Waals surface area contributed by atoms with E-state index in [1.807, 2.05) is 28.0 Å². The van der Waals surface area contributed by atoms with Crippen molar-refractivity contribution in [3.8, 4) is 5.75 Å². The van der Waals surface area contributed by atoms with E-state index in [1.54, 1.807) is 6.07 Å². The molecule has 0 spiro atoms. The summed E-state index contributed by atoms with van der Waals surface area (Å²) in [6, 6.07) is 5.61. The highest BCUT2D eigenvalue weighted by atomic mass is 16.4. The maximum Gasteiger partial charge on any atom is 0.317 e. The molecule has 8 nitrogen and oxygen atoms in total. The zero-order valence-corrected chi connectivity index (χ0v) is 16.8. The van der Waals surface area contributed by atoms with Crippen LogP contribution in [0.15, 0.2) is 30.9 Å². The zero-order valence-electron chi connectivity index (χ0n) is 16.8. The van der Waals surface area contributed by atoms with Crippen LogP contribution in [0.4, 0.5) is 0 Å². The normalized spacial score (nSPS) is 17.2.